The van der Waals surface area contributed by atoms with Crippen molar-refractivity contribution in [2.45, 2.75) is 12.2 Å². The average Bonchev–Trinajstić information content (AvgIpc) is 2.32. The molecule has 0 amide bonds. The van der Waals surface area contributed by atoms with Gasteiger partial charge in [-0.2, -0.15) is 13.2 Å². The van der Waals surface area contributed by atoms with Crippen molar-refractivity contribution in [3.05, 3.63) is 46.4 Å². The SMILES string of the molecule is CNC(c1ccc(Br)c2ccccc12)C(F)(F)F. The van der Waals surface area contributed by atoms with Crippen molar-refractivity contribution < 1.29 is 13.2 Å². The number of rotatable bonds is 2. The topological polar surface area (TPSA) is 12.0 Å². The molecule has 1 unspecified atom stereocenters. The van der Waals surface area contributed by atoms with Gasteiger partial charge in [-0.3, -0.25) is 0 Å². The van der Waals surface area contributed by atoms with Crippen LogP contribution >= 0.6 is 15.9 Å². The van der Waals surface area contributed by atoms with Crippen LogP contribution in [-0.2, 0) is 0 Å². The van der Waals surface area contributed by atoms with Gasteiger partial charge in [0.2, 0.25) is 0 Å². The lowest BCUT2D eigenvalue weighted by Crippen LogP contribution is -2.31. The van der Waals surface area contributed by atoms with Crippen LogP contribution in [0.15, 0.2) is 40.9 Å². The lowest BCUT2D eigenvalue weighted by atomic mass is 9.98. The van der Waals surface area contributed by atoms with E-state index in [1.807, 2.05) is 0 Å². The van der Waals surface area contributed by atoms with Gasteiger partial charge >= 0.3 is 6.18 Å². The highest BCUT2D eigenvalue weighted by atomic mass is 79.9. The third kappa shape index (κ3) is 2.37. The Morgan fingerprint density at radius 1 is 1.06 bits per heavy atom. The monoisotopic (exact) mass is 317 g/mol. The first-order valence-corrected chi connectivity index (χ1v) is 6.15. The number of halogens is 4. The van der Waals surface area contributed by atoms with Crippen molar-refractivity contribution in [3.8, 4) is 0 Å². The zero-order chi connectivity index (χ0) is 13.3. The van der Waals surface area contributed by atoms with Gasteiger partial charge in [-0.15, -0.1) is 0 Å². The fraction of sp³-hybridized carbons (Fsp3) is 0.231. The van der Waals surface area contributed by atoms with Crippen molar-refractivity contribution in [1.82, 2.24) is 5.32 Å². The molecule has 0 aliphatic carbocycles. The molecule has 0 radical (unpaired) electrons. The van der Waals surface area contributed by atoms with E-state index in [1.54, 1.807) is 30.3 Å². The third-order valence-electron chi connectivity index (χ3n) is 2.83. The first-order valence-electron chi connectivity index (χ1n) is 5.36. The van der Waals surface area contributed by atoms with Crippen molar-refractivity contribution in [3.63, 3.8) is 0 Å². The molecule has 0 saturated heterocycles. The number of nitrogens with one attached hydrogen (secondary N) is 1. The first kappa shape index (κ1) is 13.4. The Morgan fingerprint density at radius 2 is 1.67 bits per heavy atom. The Kier molecular flexibility index (Phi) is 3.64. The predicted octanol–water partition coefficient (Wildman–Crippen LogP) is 4.43. The smallest absolute Gasteiger partial charge is 0.306 e. The molecule has 0 aromatic heterocycles. The fourth-order valence-corrected chi connectivity index (χ4v) is 2.51. The number of hydrogen-bond donors (Lipinski definition) is 1. The number of fused-ring (bicyclic) bond motifs is 1. The van der Waals surface area contributed by atoms with E-state index in [0.29, 0.717) is 5.39 Å². The zero-order valence-corrected chi connectivity index (χ0v) is 11.1. The average molecular weight is 318 g/mol. The molecule has 0 spiro atoms. The second-order valence-electron chi connectivity index (χ2n) is 3.95. The van der Waals surface area contributed by atoms with Gasteiger partial charge < -0.3 is 5.32 Å². The second-order valence-corrected chi connectivity index (χ2v) is 4.80. The van der Waals surface area contributed by atoms with Crippen molar-refractivity contribution >= 4 is 26.7 Å². The normalized spacial score (nSPS) is 13.8. The second kappa shape index (κ2) is 4.90. The molecule has 1 atom stereocenters. The summed E-state index contributed by atoms with van der Waals surface area (Å²) in [7, 11) is 1.31. The summed E-state index contributed by atoms with van der Waals surface area (Å²) < 4.78 is 39.7. The summed E-state index contributed by atoms with van der Waals surface area (Å²) in [5, 5.41) is 3.71. The molecule has 2 rings (SSSR count). The molecule has 0 aliphatic heterocycles. The summed E-state index contributed by atoms with van der Waals surface area (Å²) in [5.74, 6) is 0. The standard InChI is InChI=1S/C13H11BrF3N/c1-18-12(13(15,16)17)10-6-7-11(14)9-5-3-2-4-8(9)10/h2-7,12,18H,1H3. The van der Waals surface area contributed by atoms with E-state index in [0.717, 1.165) is 9.86 Å². The lowest BCUT2D eigenvalue weighted by molar-refractivity contribution is -0.156. The van der Waals surface area contributed by atoms with E-state index in [4.69, 9.17) is 0 Å². The van der Waals surface area contributed by atoms with Gasteiger partial charge in [0.25, 0.3) is 0 Å². The molecule has 0 bridgehead atoms. The number of benzene rings is 2. The summed E-state index contributed by atoms with van der Waals surface area (Å²) in [6.45, 7) is 0. The van der Waals surface area contributed by atoms with Crippen LogP contribution < -0.4 is 5.32 Å². The highest BCUT2D eigenvalue weighted by Crippen LogP contribution is 2.37. The van der Waals surface area contributed by atoms with Crippen LogP contribution in [0.3, 0.4) is 0 Å². The minimum Gasteiger partial charge on any atom is -0.306 e. The Hall–Kier alpha value is -1.07. The van der Waals surface area contributed by atoms with Crippen LogP contribution in [0.5, 0.6) is 0 Å². The van der Waals surface area contributed by atoms with Gasteiger partial charge in [-0.1, -0.05) is 46.3 Å². The summed E-state index contributed by atoms with van der Waals surface area (Å²) in [5.41, 5.74) is 0.240. The Labute approximate surface area is 111 Å². The summed E-state index contributed by atoms with van der Waals surface area (Å²) >= 11 is 3.35. The highest BCUT2D eigenvalue weighted by Gasteiger charge is 2.40. The highest BCUT2D eigenvalue weighted by molar-refractivity contribution is 9.10. The van der Waals surface area contributed by atoms with E-state index >= 15 is 0 Å². The lowest BCUT2D eigenvalue weighted by Gasteiger charge is -2.21. The van der Waals surface area contributed by atoms with E-state index in [1.165, 1.54) is 13.1 Å². The fourth-order valence-electron chi connectivity index (χ4n) is 2.03. The van der Waals surface area contributed by atoms with Gasteiger partial charge in [0.15, 0.2) is 0 Å². The van der Waals surface area contributed by atoms with Crippen LogP contribution in [0.4, 0.5) is 13.2 Å². The van der Waals surface area contributed by atoms with Crippen LogP contribution in [0.2, 0.25) is 0 Å². The maximum Gasteiger partial charge on any atom is 0.407 e. The molecule has 1 nitrogen and oxygen atoms in total. The number of hydrogen-bond acceptors (Lipinski definition) is 1. The Bertz CT molecular complexity index is 566. The van der Waals surface area contributed by atoms with E-state index < -0.39 is 12.2 Å². The third-order valence-corrected chi connectivity index (χ3v) is 3.52. The summed E-state index contributed by atoms with van der Waals surface area (Å²) in [4.78, 5) is 0. The first-order chi connectivity index (χ1) is 8.45. The van der Waals surface area contributed by atoms with Gasteiger partial charge in [0.05, 0.1) is 0 Å². The van der Waals surface area contributed by atoms with Gasteiger partial charge in [-0.05, 0) is 29.4 Å². The quantitative estimate of drug-likeness (QED) is 0.864. The minimum atomic E-state index is -4.31. The zero-order valence-electron chi connectivity index (χ0n) is 9.55. The summed E-state index contributed by atoms with van der Waals surface area (Å²) in [6, 6.07) is 8.53. The number of alkyl halides is 3. The summed E-state index contributed by atoms with van der Waals surface area (Å²) in [6.07, 6.45) is -4.31. The molecule has 5 heteroatoms. The molecule has 2 aromatic rings. The molecule has 2 aromatic carbocycles. The molecular weight excluding hydrogens is 307 g/mol. The van der Waals surface area contributed by atoms with Crippen LogP contribution in [0.25, 0.3) is 10.8 Å². The maximum absolute atomic E-state index is 13.0. The van der Waals surface area contributed by atoms with E-state index in [-0.39, 0.29) is 5.56 Å². The van der Waals surface area contributed by atoms with Gasteiger partial charge in [0.1, 0.15) is 6.04 Å². The Morgan fingerprint density at radius 3 is 2.22 bits per heavy atom. The van der Waals surface area contributed by atoms with Gasteiger partial charge in [-0.25, -0.2) is 0 Å². The molecule has 0 aliphatic rings. The van der Waals surface area contributed by atoms with Gasteiger partial charge in [0, 0.05) is 4.47 Å². The molecule has 0 saturated carbocycles. The van der Waals surface area contributed by atoms with E-state index in [9.17, 15) is 13.2 Å². The molecule has 96 valence electrons. The van der Waals surface area contributed by atoms with Crippen LogP contribution in [0.1, 0.15) is 11.6 Å². The molecular formula is C13H11BrF3N. The predicted molar refractivity (Wildman–Crippen MR) is 69.5 cm³/mol. The molecule has 18 heavy (non-hydrogen) atoms. The molecule has 1 N–H and O–H groups in total. The molecule has 0 heterocycles. The van der Waals surface area contributed by atoms with Crippen LogP contribution in [-0.4, -0.2) is 13.2 Å². The maximum atomic E-state index is 13.0. The van der Waals surface area contributed by atoms with Crippen molar-refractivity contribution in [2.75, 3.05) is 7.05 Å². The van der Waals surface area contributed by atoms with Crippen LogP contribution in [0, 0.1) is 0 Å². The van der Waals surface area contributed by atoms with E-state index in [2.05, 4.69) is 21.2 Å². The Balaban J connectivity index is 2.68. The molecule has 0 fully saturated rings. The van der Waals surface area contributed by atoms with Crippen molar-refractivity contribution in [1.29, 1.82) is 0 Å². The largest absolute Gasteiger partial charge is 0.407 e. The van der Waals surface area contributed by atoms with Crippen molar-refractivity contribution in [2.24, 2.45) is 0 Å². The minimum absolute atomic E-state index is 0.240.